The predicted molar refractivity (Wildman–Crippen MR) is 133 cm³/mol. The van der Waals surface area contributed by atoms with Crippen molar-refractivity contribution in [1.29, 1.82) is 0 Å². The fourth-order valence-corrected chi connectivity index (χ4v) is 4.39. The van der Waals surface area contributed by atoms with Crippen LogP contribution in [-0.2, 0) is 13.1 Å². The molecule has 35 heavy (non-hydrogen) atoms. The van der Waals surface area contributed by atoms with E-state index in [0.717, 1.165) is 11.1 Å². The van der Waals surface area contributed by atoms with Gasteiger partial charge < -0.3 is 29.0 Å². The van der Waals surface area contributed by atoms with E-state index in [1.54, 1.807) is 25.7 Å². The highest BCUT2D eigenvalue weighted by atomic mass is 35.5. The lowest BCUT2D eigenvalue weighted by Gasteiger charge is -2.42. The minimum atomic E-state index is -1.41. The molecule has 0 spiro atoms. The number of likely N-dealkylation sites (tertiary alicyclic amines) is 1. The molecule has 188 valence electrons. The maximum atomic E-state index is 11.2. The zero-order valence-corrected chi connectivity index (χ0v) is 20.8. The quantitative estimate of drug-likeness (QED) is 0.440. The summed E-state index contributed by atoms with van der Waals surface area (Å²) in [6, 6.07) is 11.3. The van der Waals surface area contributed by atoms with E-state index in [4.69, 9.17) is 25.8 Å². The van der Waals surface area contributed by atoms with Gasteiger partial charge in [-0.2, -0.15) is 0 Å². The number of aliphatic hydroxyl groups excluding tert-OH is 1. The SMILES string of the molecule is COc1ccc(CN2CC[C@H](O)[C@@](O)(COc3cc(C)ccc3Cl)C2)cc1OCCn1ccnc1. The first kappa shape index (κ1) is 25.3. The van der Waals surface area contributed by atoms with Crippen molar-refractivity contribution in [2.75, 3.05) is 33.4 Å². The van der Waals surface area contributed by atoms with E-state index >= 15 is 0 Å². The summed E-state index contributed by atoms with van der Waals surface area (Å²) >= 11 is 6.23. The second-order valence-electron chi connectivity index (χ2n) is 8.98. The molecule has 2 heterocycles. The van der Waals surface area contributed by atoms with Crippen molar-refractivity contribution in [3.8, 4) is 17.2 Å². The number of aliphatic hydroxyl groups is 2. The Morgan fingerprint density at radius 3 is 2.77 bits per heavy atom. The van der Waals surface area contributed by atoms with Crippen molar-refractivity contribution >= 4 is 11.6 Å². The average molecular weight is 502 g/mol. The summed E-state index contributed by atoms with van der Waals surface area (Å²) < 4.78 is 19.2. The van der Waals surface area contributed by atoms with Gasteiger partial charge in [-0.15, -0.1) is 0 Å². The number of aromatic nitrogens is 2. The van der Waals surface area contributed by atoms with Crippen LogP contribution >= 0.6 is 11.6 Å². The normalized spacial score (nSPS) is 20.5. The number of methoxy groups -OCH3 is 1. The standard InChI is InChI=1S/C26H32ClN3O5/c1-19-3-5-21(27)23(13-19)35-17-26(32)16-30(9-7-25(26)31)15-20-4-6-22(33-2)24(14-20)34-12-11-29-10-8-28-18-29/h3-6,8,10,13-14,18,25,31-32H,7,9,11-12,15-17H2,1-2H3/t25-,26-/m0/s1. The number of hydrogen-bond donors (Lipinski definition) is 2. The van der Waals surface area contributed by atoms with Crippen LogP contribution in [0.15, 0.2) is 55.1 Å². The van der Waals surface area contributed by atoms with Gasteiger partial charge in [0, 0.05) is 32.0 Å². The Morgan fingerprint density at radius 2 is 2.00 bits per heavy atom. The summed E-state index contributed by atoms with van der Waals surface area (Å²) in [5.74, 6) is 1.82. The highest BCUT2D eigenvalue weighted by Crippen LogP contribution is 2.31. The van der Waals surface area contributed by atoms with Crippen molar-refractivity contribution in [3.63, 3.8) is 0 Å². The third-order valence-electron chi connectivity index (χ3n) is 6.20. The molecule has 0 amide bonds. The van der Waals surface area contributed by atoms with Gasteiger partial charge in [-0.25, -0.2) is 4.98 Å². The molecule has 1 aliphatic heterocycles. The average Bonchev–Trinajstić information content (AvgIpc) is 3.36. The molecule has 0 saturated carbocycles. The minimum absolute atomic E-state index is 0.0565. The Hall–Kier alpha value is -2.78. The lowest BCUT2D eigenvalue weighted by Crippen LogP contribution is -2.59. The van der Waals surface area contributed by atoms with Crippen molar-refractivity contribution in [3.05, 3.63) is 71.3 Å². The van der Waals surface area contributed by atoms with Crippen molar-refractivity contribution in [1.82, 2.24) is 14.5 Å². The fourth-order valence-electron chi connectivity index (χ4n) is 4.22. The predicted octanol–water partition coefficient (Wildman–Crippen LogP) is 3.31. The molecule has 4 rings (SSSR count). The molecule has 8 nitrogen and oxygen atoms in total. The van der Waals surface area contributed by atoms with Crippen LogP contribution in [0.25, 0.3) is 0 Å². The molecule has 2 N–H and O–H groups in total. The zero-order chi connectivity index (χ0) is 24.8. The van der Waals surface area contributed by atoms with Crippen LogP contribution in [0, 0.1) is 6.92 Å². The number of benzene rings is 2. The number of halogens is 1. The number of ether oxygens (including phenoxy) is 3. The first-order valence-corrected chi connectivity index (χ1v) is 12.0. The number of β-amino-alcohol motifs (C(OH)–C–C–N with tert-alkyl or cyclic N) is 1. The molecule has 0 radical (unpaired) electrons. The third-order valence-corrected chi connectivity index (χ3v) is 6.51. The van der Waals surface area contributed by atoms with Gasteiger partial charge in [0.2, 0.25) is 0 Å². The molecular formula is C26H32ClN3O5. The summed E-state index contributed by atoms with van der Waals surface area (Å²) in [5, 5.41) is 22.3. The first-order valence-electron chi connectivity index (χ1n) is 11.6. The maximum absolute atomic E-state index is 11.2. The Kier molecular flexibility index (Phi) is 8.18. The van der Waals surface area contributed by atoms with Crippen LogP contribution in [0.3, 0.4) is 0 Å². The Labute approximate surface area is 210 Å². The highest BCUT2D eigenvalue weighted by molar-refractivity contribution is 6.32. The van der Waals surface area contributed by atoms with E-state index in [2.05, 4.69) is 9.88 Å². The van der Waals surface area contributed by atoms with Gasteiger partial charge in [-0.05, 0) is 48.7 Å². The van der Waals surface area contributed by atoms with Gasteiger partial charge in [-0.3, -0.25) is 4.90 Å². The van der Waals surface area contributed by atoms with Gasteiger partial charge in [0.05, 0.1) is 31.1 Å². The van der Waals surface area contributed by atoms with E-state index in [9.17, 15) is 10.2 Å². The Bertz CT molecular complexity index is 1110. The number of rotatable bonds is 10. The largest absolute Gasteiger partial charge is 0.493 e. The van der Waals surface area contributed by atoms with Gasteiger partial charge in [-0.1, -0.05) is 23.7 Å². The number of piperidine rings is 1. The van der Waals surface area contributed by atoms with Crippen LogP contribution < -0.4 is 14.2 Å². The molecule has 1 saturated heterocycles. The molecule has 9 heteroatoms. The molecule has 0 unspecified atom stereocenters. The van der Waals surface area contributed by atoms with E-state index < -0.39 is 11.7 Å². The van der Waals surface area contributed by atoms with E-state index in [1.165, 1.54) is 0 Å². The molecule has 1 aliphatic rings. The number of nitrogens with zero attached hydrogens (tertiary/aromatic N) is 3. The monoisotopic (exact) mass is 501 g/mol. The molecular weight excluding hydrogens is 470 g/mol. The first-order chi connectivity index (χ1) is 16.9. The molecule has 1 aromatic heterocycles. The van der Waals surface area contributed by atoms with Gasteiger partial charge in [0.25, 0.3) is 0 Å². The number of imidazole rings is 1. The topological polar surface area (TPSA) is 89.2 Å². The third kappa shape index (κ3) is 6.46. The molecule has 0 aliphatic carbocycles. The summed E-state index contributed by atoms with van der Waals surface area (Å²) in [6.07, 6.45) is 4.92. The summed E-state index contributed by atoms with van der Waals surface area (Å²) in [7, 11) is 1.62. The summed E-state index contributed by atoms with van der Waals surface area (Å²) in [4.78, 5) is 6.14. The lowest BCUT2D eigenvalue weighted by atomic mass is 9.90. The van der Waals surface area contributed by atoms with Gasteiger partial charge >= 0.3 is 0 Å². The lowest BCUT2D eigenvalue weighted by molar-refractivity contribution is -0.140. The van der Waals surface area contributed by atoms with Gasteiger partial charge in [0.15, 0.2) is 11.5 Å². The maximum Gasteiger partial charge on any atom is 0.161 e. The van der Waals surface area contributed by atoms with Crippen molar-refractivity contribution in [2.24, 2.45) is 0 Å². The second-order valence-corrected chi connectivity index (χ2v) is 9.38. The highest BCUT2D eigenvalue weighted by Gasteiger charge is 2.42. The van der Waals surface area contributed by atoms with E-state index in [-0.39, 0.29) is 13.2 Å². The molecule has 3 aromatic rings. The van der Waals surface area contributed by atoms with Crippen molar-refractivity contribution < 1.29 is 24.4 Å². The Morgan fingerprint density at radius 1 is 1.14 bits per heavy atom. The van der Waals surface area contributed by atoms with Crippen LogP contribution in [0.4, 0.5) is 0 Å². The number of hydrogen-bond acceptors (Lipinski definition) is 7. The molecule has 0 bridgehead atoms. The molecule has 2 aromatic carbocycles. The zero-order valence-electron chi connectivity index (χ0n) is 20.1. The smallest absolute Gasteiger partial charge is 0.161 e. The fraction of sp³-hybridized carbons (Fsp3) is 0.423. The van der Waals surface area contributed by atoms with Crippen LogP contribution in [0.5, 0.6) is 17.2 Å². The number of aryl methyl sites for hydroxylation is 1. The van der Waals surface area contributed by atoms with Crippen LogP contribution in [-0.4, -0.2) is 69.8 Å². The van der Waals surface area contributed by atoms with Gasteiger partial charge in [0.1, 0.15) is 24.6 Å². The Balaban J connectivity index is 1.39. The second kappa shape index (κ2) is 11.3. The molecule has 1 fully saturated rings. The van der Waals surface area contributed by atoms with E-state index in [0.29, 0.717) is 54.9 Å². The molecule has 2 atom stereocenters. The van der Waals surface area contributed by atoms with Crippen LogP contribution in [0.1, 0.15) is 17.5 Å². The van der Waals surface area contributed by atoms with Crippen molar-refractivity contribution in [2.45, 2.75) is 38.1 Å². The summed E-state index contributed by atoms with van der Waals surface area (Å²) in [5.41, 5.74) is 0.608. The van der Waals surface area contributed by atoms with E-state index in [1.807, 2.05) is 48.0 Å². The minimum Gasteiger partial charge on any atom is -0.493 e. The van der Waals surface area contributed by atoms with Crippen LogP contribution in [0.2, 0.25) is 5.02 Å². The summed E-state index contributed by atoms with van der Waals surface area (Å²) in [6.45, 7) is 4.54.